The van der Waals surface area contributed by atoms with Gasteiger partial charge in [-0.3, -0.25) is 15.0 Å². The van der Waals surface area contributed by atoms with Crippen LogP contribution >= 0.6 is 0 Å². The van der Waals surface area contributed by atoms with Crippen molar-refractivity contribution in [2.24, 2.45) is 0 Å². The van der Waals surface area contributed by atoms with Crippen LogP contribution in [0.15, 0.2) is 34.6 Å². The molecule has 6 heteroatoms. The number of nitrogens with one attached hydrogen (secondary N) is 2. The van der Waals surface area contributed by atoms with Crippen molar-refractivity contribution in [3.8, 4) is 17.0 Å². The van der Waals surface area contributed by atoms with Crippen molar-refractivity contribution in [1.29, 1.82) is 0 Å². The second-order valence-corrected chi connectivity index (χ2v) is 5.05. The van der Waals surface area contributed by atoms with Crippen LogP contribution in [0, 0.1) is 0 Å². The largest absolute Gasteiger partial charge is 0.497 e. The third kappa shape index (κ3) is 2.32. The summed E-state index contributed by atoms with van der Waals surface area (Å²) in [4.78, 5) is 23.9. The van der Waals surface area contributed by atoms with Gasteiger partial charge in [-0.15, -0.1) is 0 Å². The average Bonchev–Trinajstić information content (AvgIpc) is 3.13. The Labute approximate surface area is 126 Å². The molecule has 22 heavy (non-hydrogen) atoms. The molecule has 2 heterocycles. The summed E-state index contributed by atoms with van der Waals surface area (Å²) in [7, 11) is 1.60. The van der Waals surface area contributed by atoms with E-state index < -0.39 is 0 Å². The molecule has 2 aromatic rings. The van der Waals surface area contributed by atoms with Crippen LogP contribution in [0.3, 0.4) is 0 Å². The van der Waals surface area contributed by atoms with Crippen molar-refractivity contribution in [2.75, 3.05) is 13.7 Å². The van der Waals surface area contributed by atoms with Gasteiger partial charge in [0.25, 0.3) is 5.56 Å². The molecule has 1 aromatic heterocycles. The number of H-pyrrole nitrogens is 2. The molecule has 1 fully saturated rings. The molecular formula is C16H16N2O4. The Kier molecular flexibility index (Phi) is 3.58. The standard InChI is InChI=1S/C16H16N2O4/c1-9(12-7-8-22-16(12)20)13-14(17-18-15(13)19)10-3-5-11(21-2)6-4-10/h3-6H,7-8H2,1-2H3,(H2,17,18,19). The summed E-state index contributed by atoms with van der Waals surface area (Å²) in [6.45, 7) is 2.14. The lowest BCUT2D eigenvalue weighted by Gasteiger charge is -2.06. The van der Waals surface area contributed by atoms with Gasteiger partial charge in [-0.1, -0.05) is 0 Å². The topological polar surface area (TPSA) is 84.2 Å². The lowest BCUT2D eigenvalue weighted by molar-refractivity contribution is -0.135. The zero-order valence-corrected chi connectivity index (χ0v) is 12.4. The minimum atomic E-state index is -0.348. The first-order chi connectivity index (χ1) is 10.6. The number of hydrogen-bond acceptors (Lipinski definition) is 4. The molecule has 1 aliphatic rings. The van der Waals surface area contributed by atoms with Gasteiger partial charge in [0.15, 0.2) is 0 Å². The van der Waals surface area contributed by atoms with E-state index in [0.717, 1.165) is 11.3 Å². The Morgan fingerprint density at radius 2 is 1.91 bits per heavy atom. The van der Waals surface area contributed by atoms with E-state index in [9.17, 15) is 9.59 Å². The van der Waals surface area contributed by atoms with E-state index in [1.165, 1.54) is 0 Å². The Morgan fingerprint density at radius 1 is 1.18 bits per heavy atom. The van der Waals surface area contributed by atoms with Gasteiger partial charge in [-0.25, -0.2) is 4.79 Å². The number of esters is 1. The molecule has 6 nitrogen and oxygen atoms in total. The highest BCUT2D eigenvalue weighted by molar-refractivity contribution is 6.00. The van der Waals surface area contributed by atoms with Crippen molar-refractivity contribution in [3.05, 3.63) is 45.8 Å². The molecule has 2 N–H and O–H groups in total. The van der Waals surface area contributed by atoms with Crippen LogP contribution < -0.4 is 10.3 Å². The van der Waals surface area contributed by atoms with E-state index in [4.69, 9.17) is 9.47 Å². The quantitative estimate of drug-likeness (QED) is 0.671. The van der Waals surface area contributed by atoms with Crippen molar-refractivity contribution in [3.63, 3.8) is 0 Å². The Balaban J connectivity index is 2.11. The number of benzene rings is 1. The van der Waals surface area contributed by atoms with Gasteiger partial charge in [0.1, 0.15) is 5.75 Å². The summed E-state index contributed by atoms with van der Waals surface area (Å²) in [5, 5.41) is 5.47. The van der Waals surface area contributed by atoms with Crippen LogP contribution in [-0.4, -0.2) is 29.9 Å². The fourth-order valence-corrected chi connectivity index (χ4v) is 2.62. The van der Waals surface area contributed by atoms with Crippen LogP contribution in [0.4, 0.5) is 0 Å². The number of methoxy groups -OCH3 is 1. The van der Waals surface area contributed by atoms with E-state index >= 15 is 0 Å². The molecule has 0 amide bonds. The number of cyclic esters (lactones) is 1. The number of rotatable bonds is 3. The van der Waals surface area contributed by atoms with E-state index in [1.807, 2.05) is 24.3 Å². The lowest BCUT2D eigenvalue weighted by atomic mass is 9.97. The van der Waals surface area contributed by atoms with Crippen LogP contribution in [0.25, 0.3) is 16.8 Å². The summed E-state index contributed by atoms with van der Waals surface area (Å²) in [6.07, 6.45) is 0.525. The normalized spacial score (nSPS) is 16.5. The maximum Gasteiger partial charge on any atom is 0.334 e. The number of allylic oxidation sites excluding steroid dienone is 1. The van der Waals surface area contributed by atoms with E-state index in [0.29, 0.717) is 35.4 Å². The molecule has 0 spiro atoms. The SMILES string of the molecule is COc1ccc(-c2[nH][nH]c(=O)c2C(C)=C2CCOC2=O)cc1. The van der Waals surface area contributed by atoms with Crippen LogP contribution in [-0.2, 0) is 9.53 Å². The lowest BCUT2D eigenvalue weighted by Crippen LogP contribution is -2.07. The summed E-state index contributed by atoms with van der Waals surface area (Å²) in [6, 6.07) is 7.34. The van der Waals surface area contributed by atoms with Crippen LogP contribution in [0.5, 0.6) is 5.75 Å². The second-order valence-electron chi connectivity index (χ2n) is 5.05. The zero-order chi connectivity index (χ0) is 15.7. The highest BCUT2D eigenvalue weighted by atomic mass is 16.5. The Morgan fingerprint density at radius 3 is 2.50 bits per heavy atom. The maximum atomic E-state index is 12.1. The predicted octanol–water partition coefficient (Wildman–Crippen LogP) is 2.10. The van der Waals surface area contributed by atoms with Crippen LogP contribution in [0.1, 0.15) is 18.9 Å². The molecule has 0 radical (unpaired) electrons. The molecule has 0 atom stereocenters. The number of carbonyl (C=O) groups is 1. The molecule has 0 unspecified atom stereocenters. The van der Waals surface area contributed by atoms with Gasteiger partial charge in [-0.2, -0.15) is 0 Å². The zero-order valence-electron chi connectivity index (χ0n) is 12.4. The molecule has 114 valence electrons. The summed E-state index contributed by atoms with van der Waals surface area (Å²) < 4.78 is 10.1. The van der Waals surface area contributed by atoms with Gasteiger partial charge in [0.05, 0.1) is 25.0 Å². The minimum absolute atomic E-state index is 0.254. The molecule has 1 aromatic carbocycles. The maximum absolute atomic E-state index is 12.1. The van der Waals surface area contributed by atoms with Gasteiger partial charge in [0, 0.05) is 17.6 Å². The monoisotopic (exact) mass is 300 g/mol. The molecule has 1 aliphatic heterocycles. The first-order valence-electron chi connectivity index (χ1n) is 6.94. The second kappa shape index (κ2) is 5.55. The highest BCUT2D eigenvalue weighted by Crippen LogP contribution is 2.30. The Bertz CT molecular complexity index is 796. The predicted molar refractivity (Wildman–Crippen MR) is 81.6 cm³/mol. The van der Waals surface area contributed by atoms with Crippen LogP contribution in [0.2, 0.25) is 0 Å². The van der Waals surface area contributed by atoms with Crippen molar-refractivity contribution in [1.82, 2.24) is 10.2 Å². The number of aromatic nitrogens is 2. The molecular weight excluding hydrogens is 284 g/mol. The summed E-state index contributed by atoms with van der Waals surface area (Å²) in [5.41, 5.74) is 2.91. The van der Waals surface area contributed by atoms with Gasteiger partial charge in [-0.05, 0) is 36.8 Å². The van der Waals surface area contributed by atoms with Crippen molar-refractivity contribution in [2.45, 2.75) is 13.3 Å². The third-order valence-corrected chi connectivity index (χ3v) is 3.82. The first kappa shape index (κ1) is 14.2. The van der Waals surface area contributed by atoms with Gasteiger partial charge >= 0.3 is 5.97 Å². The first-order valence-corrected chi connectivity index (χ1v) is 6.94. The Hall–Kier alpha value is -2.76. The highest BCUT2D eigenvalue weighted by Gasteiger charge is 2.25. The molecule has 0 aliphatic carbocycles. The number of ether oxygens (including phenoxy) is 2. The number of carbonyl (C=O) groups excluding carboxylic acids is 1. The fraction of sp³-hybridized carbons (Fsp3) is 0.250. The number of hydrogen-bond donors (Lipinski definition) is 2. The minimum Gasteiger partial charge on any atom is -0.497 e. The summed E-state index contributed by atoms with van der Waals surface area (Å²) in [5.74, 6) is 0.386. The van der Waals surface area contributed by atoms with E-state index in [-0.39, 0.29) is 11.5 Å². The molecule has 3 rings (SSSR count). The van der Waals surface area contributed by atoms with E-state index in [2.05, 4.69) is 10.2 Å². The summed E-state index contributed by atoms with van der Waals surface area (Å²) >= 11 is 0. The van der Waals surface area contributed by atoms with Gasteiger partial charge < -0.3 is 9.47 Å². The van der Waals surface area contributed by atoms with Gasteiger partial charge in [0.2, 0.25) is 0 Å². The molecule has 0 saturated carbocycles. The average molecular weight is 300 g/mol. The number of aromatic amines is 2. The molecule has 1 saturated heterocycles. The molecule has 0 bridgehead atoms. The fourth-order valence-electron chi connectivity index (χ4n) is 2.62. The smallest absolute Gasteiger partial charge is 0.334 e. The van der Waals surface area contributed by atoms with Crippen molar-refractivity contribution >= 4 is 11.5 Å². The van der Waals surface area contributed by atoms with E-state index in [1.54, 1.807) is 14.0 Å². The van der Waals surface area contributed by atoms with Crippen molar-refractivity contribution < 1.29 is 14.3 Å². The third-order valence-electron chi connectivity index (χ3n) is 3.82.